The lowest BCUT2D eigenvalue weighted by Gasteiger charge is -2.01. The second-order valence-corrected chi connectivity index (χ2v) is 3.99. The molecule has 0 bridgehead atoms. The summed E-state index contributed by atoms with van der Waals surface area (Å²) >= 11 is 0. The number of ketones is 1. The number of carbonyl (C=O) groups is 1. The predicted octanol–water partition coefficient (Wildman–Crippen LogP) is 3.33. The molecule has 0 aliphatic heterocycles. The monoisotopic (exact) mass is 231 g/mol. The van der Waals surface area contributed by atoms with E-state index in [1.165, 1.54) is 0 Å². The molecule has 3 heteroatoms. The Labute approximate surface area is 101 Å². The zero-order valence-corrected chi connectivity index (χ0v) is 10.5. The van der Waals surface area contributed by atoms with Gasteiger partial charge in [-0.15, -0.1) is 0 Å². The van der Waals surface area contributed by atoms with Gasteiger partial charge in [-0.25, -0.2) is 0 Å². The van der Waals surface area contributed by atoms with Gasteiger partial charge in [0, 0.05) is 23.1 Å². The van der Waals surface area contributed by atoms with Gasteiger partial charge in [-0.3, -0.25) is 4.79 Å². The first-order valence-electron chi connectivity index (χ1n) is 5.93. The van der Waals surface area contributed by atoms with Crippen LogP contribution in [-0.2, 0) is 6.42 Å². The molecule has 0 fully saturated rings. The van der Waals surface area contributed by atoms with Crippen molar-refractivity contribution in [2.75, 3.05) is 7.11 Å². The summed E-state index contributed by atoms with van der Waals surface area (Å²) < 4.78 is 5.31. The van der Waals surface area contributed by atoms with E-state index in [-0.39, 0.29) is 5.78 Å². The minimum absolute atomic E-state index is 0.182. The number of carbonyl (C=O) groups excluding carboxylic acids is 1. The largest absolute Gasteiger partial charge is 0.495 e. The van der Waals surface area contributed by atoms with Gasteiger partial charge in [0.25, 0.3) is 0 Å². The molecule has 0 saturated heterocycles. The molecule has 2 rings (SSSR count). The molecule has 1 aromatic carbocycles. The van der Waals surface area contributed by atoms with Gasteiger partial charge in [-0.05, 0) is 12.5 Å². The molecule has 0 atom stereocenters. The van der Waals surface area contributed by atoms with E-state index in [2.05, 4.69) is 4.98 Å². The van der Waals surface area contributed by atoms with Gasteiger partial charge >= 0.3 is 0 Å². The molecule has 1 aromatic heterocycles. The Morgan fingerprint density at radius 3 is 2.71 bits per heavy atom. The van der Waals surface area contributed by atoms with Crippen LogP contribution in [0.3, 0.4) is 0 Å². The number of methoxy groups -OCH3 is 1. The SMILES string of the molecule is CCC(=O)c1c(CC)[nH]c2c(OC)cccc12. The lowest BCUT2D eigenvalue weighted by atomic mass is 10.0. The molecule has 2 aromatic rings. The zero-order valence-electron chi connectivity index (χ0n) is 10.5. The van der Waals surface area contributed by atoms with Crippen molar-refractivity contribution in [3.63, 3.8) is 0 Å². The summed E-state index contributed by atoms with van der Waals surface area (Å²) in [6.07, 6.45) is 1.34. The molecule has 0 radical (unpaired) electrons. The number of H-pyrrole nitrogens is 1. The third kappa shape index (κ3) is 1.82. The van der Waals surface area contributed by atoms with Gasteiger partial charge in [-0.1, -0.05) is 26.0 Å². The fraction of sp³-hybridized carbons (Fsp3) is 0.357. The third-order valence-corrected chi connectivity index (χ3v) is 3.05. The van der Waals surface area contributed by atoms with E-state index in [1.807, 2.05) is 32.0 Å². The maximum absolute atomic E-state index is 12.0. The Balaban J connectivity index is 2.76. The van der Waals surface area contributed by atoms with Crippen molar-refractivity contribution < 1.29 is 9.53 Å². The topological polar surface area (TPSA) is 42.1 Å². The lowest BCUT2D eigenvalue weighted by molar-refractivity contribution is 0.0989. The van der Waals surface area contributed by atoms with E-state index in [0.717, 1.165) is 34.3 Å². The van der Waals surface area contributed by atoms with Crippen molar-refractivity contribution in [1.29, 1.82) is 0 Å². The summed E-state index contributed by atoms with van der Waals surface area (Å²) in [4.78, 5) is 15.3. The van der Waals surface area contributed by atoms with E-state index in [9.17, 15) is 4.79 Å². The normalized spacial score (nSPS) is 10.8. The number of hydrogen-bond donors (Lipinski definition) is 1. The van der Waals surface area contributed by atoms with E-state index in [0.29, 0.717) is 6.42 Å². The van der Waals surface area contributed by atoms with Crippen LogP contribution in [0.15, 0.2) is 18.2 Å². The number of Topliss-reactive ketones (excluding diaryl/α,β-unsaturated/α-hetero) is 1. The zero-order chi connectivity index (χ0) is 12.4. The first kappa shape index (κ1) is 11.7. The molecule has 1 N–H and O–H groups in total. The van der Waals surface area contributed by atoms with Gasteiger partial charge in [0.1, 0.15) is 5.75 Å². The molecule has 0 aliphatic rings. The summed E-state index contributed by atoms with van der Waals surface area (Å²) in [5.41, 5.74) is 2.74. The van der Waals surface area contributed by atoms with Gasteiger partial charge in [-0.2, -0.15) is 0 Å². The lowest BCUT2D eigenvalue weighted by Crippen LogP contribution is -1.99. The summed E-state index contributed by atoms with van der Waals surface area (Å²) in [7, 11) is 1.64. The van der Waals surface area contributed by atoms with Crippen LogP contribution >= 0.6 is 0 Å². The fourth-order valence-electron chi connectivity index (χ4n) is 2.17. The Morgan fingerprint density at radius 1 is 1.35 bits per heavy atom. The second-order valence-electron chi connectivity index (χ2n) is 3.99. The number of aromatic amines is 1. The molecule has 0 spiro atoms. The Hall–Kier alpha value is -1.77. The molecule has 1 heterocycles. The Morgan fingerprint density at radius 2 is 2.12 bits per heavy atom. The minimum atomic E-state index is 0.182. The summed E-state index contributed by atoms with van der Waals surface area (Å²) in [6.45, 7) is 3.93. The number of benzene rings is 1. The third-order valence-electron chi connectivity index (χ3n) is 3.05. The smallest absolute Gasteiger partial charge is 0.165 e. The fourth-order valence-corrected chi connectivity index (χ4v) is 2.17. The first-order valence-corrected chi connectivity index (χ1v) is 5.93. The van der Waals surface area contributed by atoms with Crippen molar-refractivity contribution in [3.8, 4) is 5.75 Å². The van der Waals surface area contributed by atoms with Gasteiger partial charge in [0.2, 0.25) is 0 Å². The Bertz CT molecular complexity index is 555. The summed E-state index contributed by atoms with van der Waals surface area (Å²) in [6, 6.07) is 5.79. The first-order chi connectivity index (χ1) is 8.22. The van der Waals surface area contributed by atoms with Crippen molar-refractivity contribution in [1.82, 2.24) is 4.98 Å². The number of rotatable bonds is 4. The minimum Gasteiger partial charge on any atom is -0.495 e. The average Bonchev–Trinajstić information content (AvgIpc) is 2.75. The van der Waals surface area contributed by atoms with Gasteiger partial charge < -0.3 is 9.72 Å². The van der Waals surface area contributed by atoms with Crippen molar-refractivity contribution in [3.05, 3.63) is 29.5 Å². The van der Waals surface area contributed by atoms with E-state index in [4.69, 9.17) is 4.74 Å². The molecule has 17 heavy (non-hydrogen) atoms. The molecule has 0 amide bonds. The number of hydrogen-bond acceptors (Lipinski definition) is 2. The Kier molecular flexibility index (Phi) is 3.18. The molecule has 90 valence electrons. The summed E-state index contributed by atoms with van der Waals surface area (Å²) in [5, 5.41) is 0.966. The second kappa shape index (κ2) is 4.62. The highest BCUT2D eigenvalue weighted by Crippen LogP contribution is 2.30. The van der Waals surface area contributed by atoms with E-state index in [1.54, 1.807) is 7.11 Å². The van der Waals surface area contributed by atoms with Crippen molar-refractivity contribution >= 4 is 16.7 Å². The van der Waals surface area contributed by atoms with E-state index < -0.39 is 0 Å². The number of fused-ring (bicyclic) bond motifs is 1. The van der Waals surface area contributed by atoms with Gasteiger partial charge in [0.15, 0.2) is 5.78 Å². The summed E-state index contributed by atoms with van der Waals surface area (Å²) in [5.74, 6) is 0.966. The number of ether oxygens (including phenoxy) is 1. The number of aryl methyl sites for hydroxylation is 1. The molecule has 0 unspecified atom stereocenters. The highest BCUT2D eigenvalue weighted by molar-refractivity contribution is 6.10. The van der Waals surface area contributed by atoms with Crippen LogP contribution < -0.4 is 4.74 Å². The number of para-hydroxylation sites is 1. The highest BCUT2D eigenvalue weighted by Gasteiger charge is 2.17. The molecular formula is C14H17NO2. The quantitative estimate of drug-likeness (QED) is 0.820. The predicted molar refractivity (Wildman–Crippen MR) is 68.9 cm³/mol. The molecule has 3 nitrogen and oxygen atoms in total. The van der Waals surface area contributed by atoms with Crippen molar-refractivity contribution in [2.24, 2.45) is 0 Å². The molecular weight excluding hydrogens is 214 g/mol. The van der Waals surface area contributed by atoms with Crippen molar-refractivity contribution in [2.45, 2.75) is 26.7 Å². The number of nitrogens with one attached hydrogen (secondary N) is 1. The standard InChI is InChI=1S/C14H17NO2/c1-4-10-13(11(16)5-2)9-7-6-8-12(17-3)14(9)15-10/h6-8,15H,4-5H2,1-3H3. The van der Waals surface area contributed by atoms with Crippen LogP contribution in [0, 0.1) is 0 Å². The van der Waals surface area contributed by atoms with Crippen LogP contribution in [0.4, 0.5) is 0 Å². The maximum atomic E-state index is 12.0. The van der Waals surface area contributed by atoms with Crippen LogP contribution in [-0.4, -0.2) is 17.9 Å². The maximum Gasteiger partial charge on any atom is 0.165 e. The molecule has 0 saturated carbocycles. The average molecular weight is 231 g/mol. The van der Waals surface area contributed by atoms with Crippen LogP contribution in [0.25, 0.3) is 10.9 Å². The van der Waals surface area contributed by atoms with Crippen LogP contribution in [0.2, 0.25) is 0 Å². The highest BCUT2D eigenvalue weighted by atomic mass is 16.5. The van der Waals surface area contributed by atoms with E-state index >= 15 is 0 Å². The van der Waals surface area contributed by atoms with Crippen LogP contribution in [0.5, 0.6) is 5.75 Å². The molecule has 0 aliphatic carbocycles. The van der Waals surface area contributed by atoms with Crippen LogP contribution in [0.1, 0.15) is 36.3 Å². The van der Waals surface area contributed by atoms with Gasteiger partial charge in [0.05, 0.1) is 12.6 Å². The number of aromatic nitrogens is 1.